The first-order valence-corrected chi connectivity index (χ1v) is 17.7. The topological polar surface area (TPSA) is 79.2 Å². The highest BCUT2D eigenvalue weighted by molar-refractivity contribution is 5.76. The fourth-order valence-electron chi connectivity index (χ4n) is 8.47. The van der Waals surface area contributed by atoms with Crippen LogP contribution >= 0.6 is 0 Å². The lowest BCUT2D eigenvalue weighted by atomic mass is 9.87. The number of fused-ring (bicyclic) bond motifs is 3. The molecule has 260 valence electrons. The number of pyridine rings is 1. The number of piperazine rings is 1. The number of hydrogen-bond acceptors (Lipinski definition) is 8. The van der Waals surface area contributed by atoms with Crippen LogP contribution in [0.2, 0.25) is 0 Å². The van der Waals surface area contributed by atoms with Gasteiger partial charge in [0.1, 0.15) is 18.1 Å². The monoisotopic (exact) mass is 673 g/mol. The second kappa shape index (κ2) is 13.4. The smallest absolute Gasteiger partial charge is 0.410 e. The van der Waals surface area contributed by atoms with Gasteiger partial charge in [-0.25, -0.2) is 18.6 Å². The predicted molar refractivity (Wildman–Crippen MR) is 183 cm³/mol. The number of piperidine rings is 1. The molecule has 1 amide bonds. The van der Waals surface area contributed by atoms with Crippen LogP contribution in [-0.4, -0.2) is 101 Å². The number of amides is 1. The lowest BCUT2D eigenvalue weighted by molar-refractivity contribution is -0.0304. The van der Waals surface area contributed by atoms with E-state index in [4.69, 9.17) is 9.47 Å². The van der Waals surface area contributed by atoms with Gasteiger partial charge in [-0.2, -0.15) is 5.10 Å². The Morgan fingerprint density at radius 1 is 1.06 bits per heavy atom. The van der Waals surface area contributed by atoms with Crippen LogP contribution in [0.15, 0.2) is 48.7 Å². The molecule has 49 heavy (non-hydrogen) atoms. The summed E-state index contributed by atoms with van der Waals surface area (Å²) in [6.45, 7) is 10.2. The van der Waals surface area contributed by atoms with E-state index >= 15 is 0 Å². The molecular weight excluding hydrogens is 628 g/mol. The summed E-state index contributed by atoms with van der Waals surface area (Å²) in [5.41, 5.74) is 4.71. The number of aryl methyl sites for hydroxylation is 1. The highest BCUT2D eigenvalue weighted by Crippen LogP contribution is 2.44. The fraction of sp³-hybridized carbons (Fsp3) is 0.541. The first-order chi connectivity index (χ1) is 23.9. The van der Waals surface area contributed by atoms with Crippen molar-refractivity contribution in [1.29, 1.82) is 0 Å². The lowest BCUT2D eigenvalue weighted by Gasteiger charge is -2.55. The quantitative estimate of drug-likeness (QED) is 0.312. The van der Waals surface area contributed by atoms with Crippen molar-refractivity contribution in [2.45, 2.75) is 76.2 Å². The summed E-state index contributed by atoms with van der Waals surface area (Å²) in [5.74, 6) is 0.983. The van der Waals surface area contributed by atoms with Crippen LogP contribution < -0.4 is 9.80 Å². The molecule has 7 heterocycles. The van der Waals surface area contributed by atoms with Gasteiger partial charge in [-0.05, 0) is 44.2 Å². The molecule has 4 fully saturated rings. The third-order valence-electron chi connectivity index (χ3n) is 11.3. The fourth-order valence-corrected chi connectivity index (χ4v) is 8.47. The zero-order valence-electron chi connectivity index (χ0n) is 28.3. The van der Waals surface area contributed by atoms with Gasteiger partial charge in [0, 0.05) is 80.6 Å². The van der Waals surface area contributed by atoms with Crippen molar-refractivity contribution in [3.63, 3.8) is 0 Å². The minimum atomic E-state index is -2.67. The number of benzene rings is 1. The van der Waals surface area contributed by atoms with Crippen molar-refractivity contribution in [3.8, 4) is 0 Å². The van der Waals surface area contributed by atoms with Gasteiger partial charge in [0.25, 0.3) is 6.43 Å². The van der Waals surface area contributed by atoms with Crippen LogP contribution in [0.3, 0.4) is 0 Å². The third kappa shape index (κ3) is 6.07. The second-order valence-electron chi connectivity index (χ2n) is 14.2. The Labute approximate surface area is 286 Å². The molecule has 5 aliphatic rings. The summed E-state index contributed by atoms with van der Waals surface area (Å²) in [7, 11) is 0. The van der Waals surface area contributed by atoms with Crippen LogP contribution in [0.5, 0.6) is 0 Å². The first-order valence-electron chi connectivity index (χ1n) is 17.7. The van der Waals surface area contributed by atoms with Gasteiger partial charge in [-0.15, -0.1) is 0 Å². The molecule has 1 aromatic carbocycles. The van der Waals surface area contributed by atoms with E-state index in [2.05, 4.69) is 49.4 Å². The molecule has 12 heteroatoms. The van der Waals surface area contributed by atoms with Crippen molar-refractivity contribution in [1.82, 2.24) is 24.6 Å². The third-order valence-corrected chi connectivity index (χ3v) is 11.3. The van der Waals surface area contributed by atoms with Crippen molar-refractivity contribution in [2.75, 3.05) is 62.3 Å². The van der Waals surface area contributed by atoms with Gasteiger partial charge in [0.05, 0.1) is 31.1 Å². The van der Waals surface area contributed by atoms with Gasteiger partial charge in [0.15, 0.2) is 0 Å². The molecule has 8 rings (SSSR count). The number of aromatic nitrogens is 3. The highest BCUT2D eigenvalue weighted by Gasteiger charge is 2.45. The van der Waals surface area contributed by atoms with E-state index in [-0.39, 0.29) is 36.5 Å². The Morgan fingerprint density at radius 3 is 2.57 bits per heavy atom. The Morgan fingerprint density at radius 2 is 1.86 bits per heavy atom. The normalized spacial score (nSPS) is 25.8. The summed E-state index contributed by atoms with van der Waals surface area (Å²) in [5, 5.41) is 4.68. The van der Waals surface area contributed by atoms with Crippen molar-refractivity contribution < 1.29 is 23.0 Å². The molecule has 0 spiro atoms. The minimum Gasteiger partial charge on any atom is -0.445 e. The maximum absolute atomic E-state index is 14.6. The molecule has 0 N–H and O–H groups in total. The number of carbonyl (C=O) groups excluding carboxylic acids is 1. The molecular formula is C37H45F2N7O3. The number of nitrogens with zero attached hydrogens (tertiary/aromatic N) is 7. The minimum absolute atomic E-state index is 0.132. The van der Waals surface area contributed by atoms with Gasteiger partial charge < -0.3 is 24.2 Å². The zero-order valence-corrected chi connectivity index (χ0v) is 28.3. The standard InChI is InChI=1S/C37H45F2N7O3/c1-24-19-40-46(28-22-48-23-28)35(24)27-11-12-44(25(2)17-27)33-18-31-29(34(41-33)36(38)39)9-6-10-30-32(20-45(30)31)42-13-15-43(16-14-42)37(47)49-21-26-7-4-3-5-8-26/h3-9,18-19,25,27-28,30,32,36H,10-17,20-23H2,1-2H3/t25-,27+,30+,32-/m1/s1. The molecule has 4 atom stereocenters. The Hall–Kier alpha value is -4.03. The van der Waals surface area contributed by atoms with E-state index in [9.17, 15) is 13.6 Å². The van der Waals surface area contributed by atoms with Gasteiger partial charge in [-0.1, -0.05) is 42.5 Å². The van der Waals surface area contributed by atoms with E-state index in [0.717, 1.165) is 56.7 Å². The number of hydrogen-bond donors (Lipinski definition) is 0. The maximum atomic E-state index is 14.6. The van der Waals surface area contributed by atoms with E-state index in [1.165, 1.54) is 11.3 Å². The summed E-state index contributed by atoms with van der Waals surface area (Å²) >= 11 is 0. The van der Waals surface area contributed by atoms with Crippen LogP contribution in [0.25, 0.3) is 6.08 Å². The van der Waals surface area contributed by atoms with Crippen molar-refractivity contribution >= 4 is 23.7 Å². The van der Waals surface area contributed by atoms with E-state index in [1.54, 1.807) is 4.90 Å². The van der Waals surface area contributed by atoms with E-state index in [0.29, 0.717) is 49.6 Å². The molecule has 2 aromatic heterocycles. The molecule has 0 bridgehead atoms. The first kappa shape index (κ1) is 32.2. The number of ether oxygens (including phenoxy) is 2. The number of carbonyl (C=O) groups is 1. The van der Waals surface area contributed by atoms with Crippen molar-refractivity contribution in [3.05, 3.63) is 76.7 Å². The molecule has 0 unspecified atom stereocenters. The molecule has 5 aliphatic heterocycles. The van der Waals surface area contributed by atoms with Crippen LogP contribution in [-0.2, 0) is 16.1 Å². The molecule has 0 saturated carbocycles. The SMILES string of the molecule is Cc1cnn(C2COC2)c1[C@H]1CCN(c2cc3c(c(C(F)F)n2)C=CC[C@H]2[C@H](N4CCN(C(=O)OCc5ccccc5)CC4)CN32)[C@H](C)C1. The average Bonchev–Trinajstić information content (AvgIpc) is 3.38. The summed E-state index contributed by atoms with van der Waals surface area (Å²) in [4.78, 5) is 26.1. The number of rotatable bonds is 7. The van der Waals surface area contributed by atoms with Crippen LogP contribution in [0.4, 0.5) is 25.1 Å². The van der Waals surface area contributed by atoms with Crippen LogP contribution in [0.1, 0.15) is 72.6 Å². The molecule has 10 nitrogen and oxygen atoms in total. The Kier molecular flexibility index (Phi) is 8.77. The predicted octanol–water partition coefficient (Wildman–Crippen LogP) is 5.80. The van der Waals surface area contributed by atoms with E-state index < -0.39 is 6.43 Å². The molecule has 4 saturated heterocycles. The Bertz CT molecular complexity index is 1690. The van der Waals surface area contributed by atoms with Crippen LogP contribution in [0, 0.1) is 6.92 Å². The number of halogens is 2. The second-order valence-corrected chi connectivity index (χ2v) is 14.2. The summed E-state index contributed by atoms with van der Waals surface area (Å²) < 4.78 is 42.5. The number of alkyl halides is 2. The lowest BCUT2D eigenvalue weighted by Crippen LogP contribution is -2.69. The highest BCUT2D eigenvalue weighted by atomic mass is 19.3. The van der Waals surface area contributed by atoms with Gasteiger partial charge in [-0.3, -0.25) is 9.58 Å². The maximum Gasteiger partial charge on any atom is 0.410 e. The zero-order chi connectivity index (χ0) is 33.6. The molecule has 0 radical (unpaired) electrons. The van der Waals surface area contributed by atoms with Crippen molar-refractivity contribution in [2.24, 2.45) is 0 Å². The Balaban J connectivity index is 0.945. The number of anilines is 2. The van der Waals surface area contributed by atoms with Gasteiger partial charge >= 0.3 is 6.09 Å². The largest absolute Gasteiger partial charge is 0.445 e. The average molecular weight is 674 g/mol. The summed E-state index contributed by atoms with van der Waals surface area (Å²) in [6, 6.07) is 12.7. The molecule has 3 aromatic rings. The molecule has 0 aliphatic carbocycles. The summed E-state index contributed by atoms with van der Waals surface area (Å²) in [6.07, 6.45) is 5.49. The van der Waals surface area contributed by atoms with E-state index in [1.807, 2.05) is 48.7 Å². The van der Waals surface area contributed by atoms with Gasteiger partial charge in [0.2, 0.25) is 0 Å².